The molecule has 4 N–H and O–H groups in total. The maximum Gasteiger partial charge on any atom is 0.246 e. The minimum absolute atomic E-state index is 0.000431. The highest BCUT2D eigenvalue weighted by Gasteiger charge is 2.20. The van der Waals surface area contributed by atoms with Crippen LogP contribution in [0.2, 0.25) is 0 Å². The Bertz CT molecular complexity index is 631. The number of aromatic amines is 1. The molecule has 9 heteroatoms. The quantitative estimate of drug-likeness (QED) is 0.694. The average molecular weight is 284 g/mol. The lowest BCUT2D eigenvalue weighted by molar-refractivity contribution is 0.578. The van der Waals surface area contributed by atoms with Crippen LogP contribution in [0, 0.1) is 0 Å². The highest BCUT2D eigenvalue weighted by atomic mass is 32.2. The summed E-state index contributed by atoms with van der Waals surface area (Å²) in [4.78, 5) is 6.62. The van der Waals surface area contributed by atoms with E-state index in [9.17, 15) is 8.42 Å². The number of sulfonamides is 1. The van der Waals surface area contributed by atoms with Gasteiger partial charge in [-0.15, -0.1) is 0 Å². The zero-order chi connectivity index (χ0) is 13.9. The van der Waals surface area contributed by atoms with Crippen molar-refractivity contribution < 1.29 is 8.42 Å². The lowest BCUT2D eigenvalue weighted by Crippen LogP contribution is -2.23. The number of nitrogen functional groups attached to an aromatic ring is 1. The molecule has 2 aromatic rings. The first-order chi connectivity index (χ1) is 9.03. The number of nitrogens with one attached hydrogen (secondary N) is 2. The third-order valence-corrected chi connectivity index (χ3v) is 3.92. The van der Waals surface area contributed by atoms with Crippen molar-refractivity contribution >= 4 is 15.8 Å². The zero-order valence-corrected chi connectivity index (χ0v) is 11.3. The lowest BCUT2D eigenvalue weighted by Gasteiger charge is -2.03. The molecule has 19 heavy (non-hydrogen) atoms. The Kier molecular flexibility index (Phi) is 3.86. The Morgan fingerprint density at radius 1 is 1.53 bits per heavy atom. The van der Waals surface area contributed by atoms with E-state index in [-0.39, 0.29) is 17.3 Å². The lowest BCUT2D eigenvalue weighted by atomic mass is 10.5. The van der Waals surface area contributed by atoms with Crippen LogP contribution in [0.15, 0.2) is 23.6 Å². The van der Waals surface area contributed by atoms with Crippen molar-refractivity contribution in [1.82, 2.24) is 24.5 Å². The summed E-state index contributed by atoms with van der Waals surface area (Å²) < 4.78 is 28.1. The standard InChI is InChI=1S/C10H16N6O2S/c1-2-3-16-6-9(10(11)15-16)19(17,18)14-5-8-4-12-7-13-8/h4,6-7,14H,2-3,5H2,1H3,(H2,11,15)(H,12,13). The van der Waals surface area contributed by atoms with Gasteiger partial charge in [0.2, 0.25) is 10.0 Å². The molecule has 0 saturated carbocycles. The number of rotatable bonds is 6. The molecule has 0 radical (unpaired) electrons. The molecule has 2 heterocycles. The van der Waals surface area contributed by atoms with Crippen molar-refractivity contribution in [1.29, 1.82) is 0 Å². The van der Waals surface area contributed by atoms with Gasteiger partial charge in [0.25, 0.3) is 0 Å². The Labute approximate surface area is 111 Å². The topological polar surface area (TPSA) is 119 Å². The second-order valence-corrected chi connectivity index (χ2v) is 5.78. The number of nitrogens with two attached hydrogens (primary N) is 1. The minimum Gasteiger partial charge on any atom is -0.381 e. The number of nitrogens with zero attached hydrogens (tertiary/aromatic N) is 3. The summed E-state index contributed by atoms with van der Waals surface area (Å²) in [5.41, 5.74) is 6.30. The van der Waals surface area contributed by atoms with Crippen molar-refractivity contribution in [3.8, 4) is 0 Å². The fourth-order valence-corrected chi connectivity index (χ4v) is 2.68. The molecular weight excluding hydrogens is 268 g/mol. The summed E-state index contributed by atoms with van der Waals surface area (Å²) in [5.74, 6) is 0.00515. The van der Waals surface area contributed by atoms with Gasteiger partial charge in [0.05, 0.1) is 12.9 Å². The van der Waals surface area contributed by atoms with Crippen molar-refractivity contribution in [2.24, 2.45) is 0 Å². The summed E-state index contributed by atoms with van der Waals surface area (Å²) in [7, 11) is -3.67. The Morgan fingerprint density at radius 2 is 2.32 bits per heavy atom. The first kappa shape index (κ1) is 13.6. The molecule has 0 aliphatic rings. The molecule has 0 spiro atoms. The van der Waals surface area contributed by atoms with Crippen LogP contribution in [0.25, 0.3) is 0 Å². The maximum atomic E-state index is 12.1. The van der Waals surface area contributed by atoms with Crippen LogP contribution >= 0.6 is 0 Å². The predicted molar refractivity (Wildman–Crippen MR) is 69.5 cm³/mol. The third kappa shape index (κ3) is 3.12. The van der Waals surface area contributed by atoms with Crippen molar-refractivity contribution in [3.63, 3.8) is 0 Å². The second-order valence-electron chi connectivity index (χ2n) is 4.04. The van der Waals surface area contributed by atoms with E-state index in [2.05, 4.69) is 19.8 Å². The zero-order valence-electron chi connectivity index (χ0n) is 10.5. The number of hydrogen-bond acceptors (Lipinski definition) is 5. The molecule has 0 aromatic carbocycles. The molecule has 8 nitrogen and oxygen atoms in total. The molecule has 2 rings (SSSR count). The fraction of sp³-hybridized carbons (Fsp3) is 0.400. The van der Waals surface area contributed by atoms with Crippen molar-refractivity contribution in [2.75, 3.05) is 5.73 Å². The van der Waals surface area contributed by atoms with Gasteiger partial charge in [-0.25, -0.2) is 18.1 Å². The highest BCUT2D eigenvalue weighted by Crippen LogP contribution is 2.16. The van der Waals surface area contributed by atoms with Crippen LogP contribution in [0.5, 0.6) is 0 Å². The number of hydrogen-bond donors (Lipinski definition) is 3. The monoisotopic (exact) mass is 284 g/mol. The largest absolute Gasteiger partial charge is 0.381 e. The maximum absolute atomic E-state index is 12.1. The van der Waals surface area contributed by atoms with Gasteiger partial charge in [0.1, 0.15) is 4.90 Å². The third-order valence-electron chi connectivity index (χ3n) is 2.50. The Hall–Kier alpha value is -1.87. The van der Waals surface area contributed by atoms with Gasteiger partial charge in [-0.3, -0.25) is 4.68 Å². The second kappa shape index (κ2) is 5.41. The van der Waals surface area contributed by atoms with Gasteiger partial charge in [0, 0.05) is 24.6 Å². The van der Waals surface area contributed by atoms with E-state index in [1.54, 1.807) is 6.20 Å². The molecule has 0 aliphatic heterocycles. The number of imidazole rings is 1. The smallest absolute Gasteiger partial charge is 0.246 e. The number of anilines is 1. The average Bonchev–Trinajstić information content (AvgIpc) is 2.97. The first-order valence-electron chi connectivity index (χ1n) is 5.82. The van der Waals surface area contributed by atoms with Crippen LogP contribution < -0.4 is 10.5 Å². The van der Waals surface area contributed by atoms with E-state index < -0.39 is 10.0 Å². The van der Waals surface area contributed by atoms with Crippen LogP contribution in [-0.2, 0) is 23.1 Å². The summed E-state index contributed by atoms with van der Waals surface area (Å²) in [6, 6.07) is 0. The van der Waals surface area contributed by atoms with Gasteiger partial charge >= 0.3 is 0 Å². The molecular formula is C10H16N6O2S. The number of H-pyrrole nitrogens is 1. The van der Waals surface area contributed by atoms with Gasteiger partial charge in [-0.1, -0.05) is 6.92 Å². The van der Waals surface area contributed by atoms with Gasteiger partial charge in [0.15, 0.2) is 5.82 Å². The molecule has 2 aromatic heterocycles. The Morgan fingerprint density at radius 3 is 2.95 bits per heavy atom. The minimum atomic E-state index is -3.67. The van der Waals surface area contributed by atoms with E-state index in [4.69, 9.17) is 5.73 Å². The molecule has 0 fully saturated rings. The van der Waals surface area contributed by atoms with E-state index >= 15 is 0 Å². The van der Waals surface area contributed by atoms with E-state index in [0.717, 1.165) is 6.42 Å². The van der Waals surface area contributed by atoms with Crippen molar-refractivity contribution in [3.05, 3.63) is 24.4 Å². The molecule has 0 atom stereocenters. The normalized spacial score (nSPS) is 11.8. The predicted octanol–water partition coefficient (Wildman–Crippen LogP) is 0.0769. The molecule has 0 aliphatic carbocycles. The van der Waals surface area contributed by atoms with Crippen molar-refractivity contribution in [2.45, 2.75) is 31.3 Å². The fourth-order valence-electron chi connectivity index (χ4n) is 1.60. The van der Waals surface area contributed by atoms with Crippen LogP contribution in [0.4, 0.5) is 5.82 Å². The molecule has 104 valence electrons. The molecule has 0 unspecified atom stereocenters. The molecule has 0 saturated heterocycles. The van der Waals surface area contributed by atoms with Crippen LogP contribution in [0.1, 0.15) is 19.0 Å². The summed E-state index contributed by atoms with van der Waals surface area (Å²) in [6.07, 6.45) is 5.32. The summed E-state index contributed by atoms with van der Waals surface area (Å²) >= 11 is 0. The van der Waals surface area contributed by atoms with Gasteiger partial charge in [-0.05, 0) is 6.42 Å². The molecule has 0 amide bonds. The highest BCUT2D eigenvalue weighted by molar-refractivity contribution is 7.89. The van der Waals surface area contributed by atoms with E-state index in [1.807, 2.05) is 6.92 Å². The van der Waals surface area contributed by atoms with Crippen LogP contribution in [-0.4, -0.2) is 28.2 Å². The van der Waals surface area contributed by atoms with Gasteiger partial charge in [-0.2, -0.15) is 5.10 Å². The summed E-state index contributed by atoms with van der Waals surface area (Å²) in [5, 5.41) is 3.97. The summed E-state index contributed by atoms with van der Waals surface area (Å²) in [6.45, 7) is 2.73. The van der Waals surface area contributed by atoms with Crippen LogP contribution in [0.3, 0.4) is 0 Å². The number of aromatic nitrogens is 4. The number of aryl methyl sites for hydroxylation is 1. The SMILES string of the molecule is CCCn1cc(S(=O)(=O)NCc2cnc[nH]2)c(N)n1. The Balaban J connectivity index is 2.14. The van der Waals surface area contributed by atoms with Gasteiger partial charge < -0.3 is 10.7 Å². The first-order valence-corrected chi connectivity index (χ1v) is 7.31. The van der Waals surface area contributed by atoms with E-state index in [0.29, 0.717) is 12.2 Å². The molecule has 0 bridgehead atoms. The van der Waals surface area contributed by atoms with E-state index in [1.165, 1.54) is 17.2 Å².